The molecule has 0 aliphatic carbocycles. The van der Waals surface area contributed by atoms with Crippen molar-refractivity contribution in [2.24, 2.45) is 4.99 Å². The van der Waals surface area contributed by atoms with Crippen molar-refractivity contribution in [1.82, 2.24) is 10.6 Å². The zero-order chi connectivity index (χ0) is 21.2. The number of carbonyl (C=O) groups excluding carboxylic acids is 3. The number of guanidine groups is 1. The first-order valence-electron chi connectivity index (χ1n) is 8.73. The third kappa shape index (κ3) is 6.32. The molecule has 0 fully saturated rings. The van der Waals surface area contributed by atoms with Crippen LogP contribution in [0.2, 0.25) is 0 Å². The zero-order valence-electron chi connectivity index (χ0n) is 16.3. The molecule has 0 radical (unpaired) electrons. The molecule has 0 aliphatic rings. The van der Waals surface area contributed by atoms with Crippen LogP contribution in [-0.4, -0.2) is 38.3 Å². The van der Waals surface area contributed by atoms with Crippen LogP contribution in [0, 0.1) is 0 Å². The Morgan fingerprint density at radius 3 is 2.21 bits per heavy atom. The third-order valence-corrected chi connectivity index (χ3v) is 4.50. The lowest BCUT2D eigenvalue weighted by atomic mass is 10.1. The molecule has 0 spiro atoms. The lowest BCUT2D eigenvalue weighted by Gasteiger charge is -2.11. The largest absolute Gasteiger partial charge is 0.453 e. The lowest BCUT2D eigenvalue weighted by molar-refractivity contribution is -0.116. The van der Waals surface area contributed by atoms with Gasteiger partial charge in [0.1, 0.15) is 10.7 Å². The second kappa shape index (κ2) is 10.8. The number of thiophene rings is 1. The van der Waals surface area contributed by atoms with E-state index >= 15 is 0 Å². The van der Waals surface area contributed by atoms with Crippen LogP contribution in [0.3, 0.4) is 0 Å². The maximum atomic E-state index is 12.1. The van der Waals surface area contributed by atoms with Gasteiger partial charge in [0.2, 0.25) is 11.9 Å². The van der Waals surface area contributed by atoms with Gasteiger partial charge in [-0.1, -0.05) is 37.3 Å². The molecule has 0 unspecified atom stereocenters. The van der Waals surface area contributed by atoms with E-state index in [0.29, 0.717) is 23.5 Å². The molecular formula is C19H22N4O5S. The molecule has 0 aliphatic heterocycles. The first-order chi connectivity index (χ1) is 14.0. The minimum atomic E-state index is -0.826. The molecule has 2 rings (SSSR count). The van der Waals surface area contributed by atoms with Crippen molar-refractivity contribution in [3.63, 3.8) is 0 Å². The number of aliphatic imine (C=N–C) groups is 1. The first kappa shape index (κ1) is 21.9. The van der Waals surface area contributed by atoms with Gasteiger partial charge in [-0.05, 0) is 12.0 Å². The Labute approximate surface area is 172 Å². The maximum absolute atomic E-state index is 12.1. The van der Waals surface area contributed by atoms with Crippen LogP contribution in [0.1, 0.15) is 19.8 Å². The summed E-state index contributed by atoms with van der Waals surface area (Å²) in [4.78, 5) is 39.8. The summed E-state index contributed by atoms with van der Waals surface area (Å²) in [6.45, 7) is 1.90. The molecule has 10 heteroatoms. The number of benzene rings is 1. The van der Waals surface area contributed by atoms with Crippen molar-refractivity contribution in [3.8, 4) is 11.1 Å². The SMILES string of the molecule is CCCC(=O)Nc1scc(-c2ccccc2)c1N=C(NC(=O)OC)NC(=O)OC. The summed E-state index contributed by atoms with van der Waals surface area (Å²) in [7, 11) is 2.36. The zero-order valence-corrected chi connectivity index (χ0v) is 17.1. The molecule has 3 amide bonds. The first-order valence-corrected chi connectivity index (χ1v) is 9.61. The minimum Gasteiger partial charge on any atom is -0.453 e. The number of ether oxygens (including phenoxy) is 2. The molecule has 2 aromatic rings. The molecule has 1 heterocycles. The molecule has 1 aromatic heterocycles. The van der Waals surface area contributed by atoms with E-state index in [2.05, 4.69) is 30.4 Å². The van der Waals surface area contributed by atoms with Crippen LogP contribution in [0.15, 0.2) is 40.7 Å². The van der Waals surface area contributed by atoms with Crippen molar-refractivity contribution >= 4 is 46.1 Å². The van der Waals surface area contributed by atoms with E-state index in [1.807, 2.05) is 42.6 Å². The standard InChI is InChI=1S/C19H22N4O5S/c1-4-8-14(24)20-16-15(13(11-29-16)12-9-6-5-7-10-12)21-17(22-18(25)27-2)23-19(26)28-3/h5-7,9-11H,4,8H2,1-3H3,(H,20,24)(H2,21,22,23,25,26). The molecule has 3 N–H and O–H groups in total. The van der Waals surface area contributed by atoms with Gasteiger partial charge in [0.05, 0.1) is 14.2 Å². The predicted octanol–water partition coefficient (Wildman–Crippen LogP) is 3.85. The average molecular weight is 418 g/mol. The van der Waals surface area contributed by atoms with E-state index in [-0.39, 0.29) is 11.9 Å². The summed E-state index contributed by atoms with van der Waals surface area (Å²) in [6, 6.07) is 9.40. The van der Waals surface area contributed by atoms with Gasteiger partial charge in [-0.15, -0.1) is 11.3 Å². The van der Waals surface area contributed by atoms with Crippen LogP contribution < -0.4 is 16.0 Å². The quantitative estimate of drug-likeness (QED) is 0.503. The molecule has 0 saturated carbocycles. The second-order valence-electron chi connectivity index (χ2n) is 5.68. The van der Waals surface area contributed by atoms with Crippen LogP contribution in [0.4, 0.5) is 20.3 Å². The van der Waals surface area contributed by atoms with E-state index < -0.39 is 12.2 Å². The fourth-order valence-electron chi connectivity index (χ4n) is 2.28. The van der Waals surface area contributed by atoms with Gasteiger partial charge in [0.25, 0.3) is 0 Å². The van der Waals surface area contributed by atoms with E-state index in [1.165, 1.54) is 25.6 Å². The minimum absolute atomic E-state index is 0.159. The average Bonchev–Trinajstić information content (AvgIpc) is 3.10. The summed E-state index contributed by atoms with van der Waals surface area (Å²) in [5, 5.41) is 9.79. The van der Waals surface area contributed by atoms with Crippen molar-refractivity contribution in [2.75, 3.05) is 19.5 Å². The number of hydrogen-bond donors (Lipinski definition) is 3. The Morgan fingerprint density at radius 2 is 1.66 bits per heavy atom. The molecule has 154 valence electrons. The molecular weight excluding hydrogens is 396 g/mol. The number of nitrogens with zero attached hydrogens (tertiary/aromatic N) is 1. The Kier molecular flexibility index (Phi) is 8.16. The Hall–Kier alpha value is -3.40. The van der Waals surface area contributed by atoms with Crippen molar-refractivity contribution in [2.45, 2.75) is 19.8 Å². The molecule has 0 atom stereocenters. The van der Waals surface area contributed by atoms with E-state index in [4.69, 9.17) is 0 Å². The highest BCUT2D eigenvalue weighted by molar-refractivity contribution is 7.15. The topological polar surface area (TPSA) is 118 Å². The number of hydrogen-bond acceptors (Lipinski definition) is 7. The smallest absolute Gasteiger partial charge is 0.413 e. The predicted molar refractivity (Wildman–Crippen MR) is 111 cm³/mol. The van der Waals surface area contributed by atoms with Crippen molar-refractivity contribution in [1.29, 1.82) is 0 Å². The summed E-state index contributed by atoms with van der Waals surface area (Å²) >= 11 is 1.29. The third-order valence-electron chi connectivity index (χ3n) is 3.61. The number of rotatable bonds is 5. The molecule has 1 aromatic carbocycles. The van der Waals surface area contributed by atoms with Gasteiger partial charge in [0.15, 0.2) is 0 Å². The van der Waals surface area contributed by atoms with Gasteiger partial charge in [0, 0.05) is 17.4 Å². The molecule has 29 heavy (non-hydrogen) atoms. The maximum Gasteiger partial charge on any atom is 0.413 e. The summed E-state index contributed by atoms with van der Waals surface area (Å²) in [6.07, 6.45) is -0.600. The number of methoxy groups -OCH3 is 2. The molecule has 0 bridgehead atoms. The number of alkyl carbamates (subject to hydrolysis) is 2. The fraction of sp³-hybridized carbons (Fsp3) is 0.263. The highest BCUT2D eigenvalue weighted by atomic mass is 32.1. The number of nitrogens with one attached hydrogen (secondary N) is 3. The van der Waals surface area contributed by atoms with Crippen LogP contribution in [0.5, 0.6) is 0 Å². The van der Waals surface area contributed by atoms with Crippen molar-refractivity contribution in [3.05, 3.63) is 35.7 Å². The van der Waals surface area contributed by atoms with E-state index in [9.17, 15) is 14.4 Å². The van der Waals surface area contributed by atoms with Crippen LogP contribution in [-0.2, 0) is 14.3 Å². The molecule has 0 saturated heterocycles. The lowest BCUT2D eigenvalue weighted by Crippen LogP contribution is -2.43. The van der Waals surface area contributed by atoms with Gasteiger partial charge in [-0.25, -0.2) is 14.6 Å². The second-order valence-corrected chi connectivity index (χ2v) is 6.56. The Morgan fingerprint density at radius 1 is 1.03 bits per heavy atom. The van der Waals surface area contributed by atoms with Gasteiger partial charge in [-0.2, -0.15) is 0 Å². The van der Waals surface area contributed by atoms with Crippen LogP contribution in [0.25, 0.3) is 11.1 Å². The number of anilines is 1. The summed E-state index contributed by atoms with van der Waals surface area (Å²) < 4.78 is 9.13. The van der Waals surface area contributed by atoms with E-state index in [1.54, 1.807) is 0 Å². The van der Waals surface area contributed by atoms with E-state index in [0.717, 1.165) is 11.1 Å². The van der Waals surface area contributed by atoms with Crippen LogP contribution >= 0.6 is 11.3 Å². The van der Waals surface area contributed by atoms with Gasteiger partial charge in [-0.3, -0.25) is 15.4 Å². The van der Waals surface area contributed by atoms with Crippen molar-refractivity contribution < 1.29 is 23.9 Å². The van der Waals surface area contributed by atoms with Gasteiger partial charge >= 0.3 is 12.2 Å². The van der Waals surface area contributed by atoms with Gasteiger partial charge < -0.3 is 14.8 Å². The number of carbonyl (C=O) groups is 3. The Bertz CT molecular complexity index is 875. The fourth-order valence-corrected chi connectivity index (χ4v) is 3.21. The number of amides is 3. The Balaban J connectivity index is 2.52. The normalized spacial score (nSPS) is 9.90. The summed E-state index contributed by atoms with van der Waals surface area (Å²) in [5.74, 6) is -0.362. The molecule has 9 nitrogen and oxygen atoms in total. The summed E-state index contributed by atoms with van der Waals surface area (Å²) in [5.41, 5.74) is 1.96. The highest BCUT2D eigenvalue weighted by Gasteiger charge is 2.18. The highest BCUT2D eigenvalue weighted by Crippen LogP contribution is 2.42. The monoisotopic (exact) mass is 418 g/mol.